The lowest BCUT2D eigenvalue weighted by Gasteiger charge is -2.15. The summed E-state index contributed by atoms with van der Waals surface area (Å²) in [5, 5.41) is 18.9. The predicted octanol–water partition coefficient (Wildman–Crippen LogP) is 5.50. The van der Waals surface area contributed by atoms with Gasteiger partial charge in [-0.05, 0) is 81.5 Å². The van der Waals surface area contributed by atoms with Crippen LogP contribution in [0.4, 0.5) is 11.4 Å². The maximum absolute atomic E-state index is 13.4. The monoisotopic (exact) mass is 575 g/mol. The Morgan fingerprint density at radius 3 is 2.44 bits per heavy atom. The van der Waals surface area contributed by atoms with Gasteiger partial charge in [0.15, 0.2) is 5.69 Å². The van der Waals surface area contributed by atoms with Crippen LogP contribution >= 0.6 is 0 Å². The Morgan fingerprint density at radius 2 is 1.76 bits per heavy atom. The zero-order valence-electron chi connectivity index (χ0n) is 23.0. The lowest BCUT2D eigenvalue weighted by molar-refractivity contribution is -0.385. The molecule has 1 aliphatic rings. The number of nitro benzene ring substituents is 1. The van der Waals surface area contributed by atoms with Gasteiger partial charge in [0, 0.05) is 29.4 Å². The number of nitrogens with one attached hydrogen (secondary N) is 2. The van der Waals surface area contributed by atoms with Crippen molar-refractivity contribution in [1.82, 2.24) is 14.5 Å². The van der Waals surface area contributed by atoms with Crippen LogP contribution < -0.4 is 14.8 Å². The largest absolute Gasteiger partial charge is 0.437 e. The van der Waals surface area contributed by atoms with Gasteiger partial charge in [-0.25, -0.2) is 13.1 Å². The van der Waals surface area contributed by atoms with Crippen LogP contribution in [-0.2, 0) is 10.0 Å². The fourth-order valence-electron chi connectivity index (χ4n) is 4.33. The molecule has 1 heterocycles. The summed E-state index contributed by atoms with van der Waals surface area (Å²) in [5.74, 6) is -0.511. The SMILES string of the molecule is Cc1cccc(NC(=O)c2nn(-c3cc(C)ccc3C)c(Oc3ccc([N+](=O)[O-])cc3S(=O)(=O)NC3CC3)c2C)c1. The number of carbonyl (C=O) groups excluding carboxylic acids is 1. The standard InChI is InChI=1S/C29H29N5O6S/c1-17-6-5-7-22(14-17)30-28(35)27-20(4)29(33(31-27)24-15-18(2)8-9-19(24)3)40-25-13-12-23(34(36)37)16-26(25)41(38,39)32-21-10-11-21/h5-9,12-16,21,32H,10-11H2,1-4H3,(H,30,35). The van der Waals surface area contributed by atoms with Crippen LogP contribution in [0, 0.1) is 37.8 Å². The Hall–Kier alpha value is -4.55. The number of non-ortho nitro benzene ring substituents is 1. The van der Waals surface area contributed by atoms with Gasteiger partial charge in [-0.1, -0.05) is 24.3 Å². The molecule has 4 aromatic rings. The summed E-state index contributed by atoms with van der Waals surface area (Å²) in [6.45, 7) is 7.35. The second-order valence-corrected chi connectivity index (χ2v) is 11.9. The van der Waals surface area contributed by atoms with Crippen LogP contribution in [0.15, 0.2) is 65.6 Å². The molecule has 0 unspecified atom stereocenters. The summed E-state index contributed by atoms with van der Waals surface area (Å²) in [7, 11) is -4.15. The first-order valence-electron chi connectivity index (χ1n) is 13.0. The third kappa shape index (κ3) is 5.98. The normalized spacial score (nSPS) is 13.2. The number of ether oxygens (including phenoxy) is 1. The number of hydrogen-bond acceptors (Lipinski definition) is 7. The summed E-state index contributed by atoms with van der Waals surface area (Å²) in [4.78, 5) is 23.8. The molecule has 1 aliphatic carbocycles. The number of nitro groups is 1. The minimum Gasteiger partial charge on any atom is -0.437 e. The molecular formula is C29H29N5O6S. The maximum atomic E-state index is 13.4. The van der Waals surface area contributed by atoms with Gasteiger partial charge in [-0.15, -0.1) is 0 Å². The number of anilines is 1. The zero-order chi connectivity index (χ0) is 29.5. The van der Waals surface area contributed by atoms with E-state index in [1.54, 1.807) is 13.0 Å². The molecule has 2 N–H and O–H groups in total. The fourth-order valence-corrected chi connectivity index (χ4v) is 5.78. The minimum absolute atomic E-state index is 0.0739. The molecule has 212 valence electrons. The van der Waals surface area contributed by atoms with E-state index in [1.807, 2.05) is 57.2 Å². The first kappa shape index (κ1) is 28.0. The number of hydrogen-bond donors (Lipinski definition) is 2. The second kappa shape index (κ2) is 10.8. The molecule has 1 aromatic heterocycles. The highest BCUT2D eigenvalue weighted by Gasteiger charge is 2.32. The van der Waals surface area contributed by atoms with Crippen LogP contribution in [0.1, 0.15) is 45.6 Å². The summed E-state index contributed by atoms with van der Waals surface area (Å²) in [6, 6.07) is 16.2. The zero-order valence-corrected chi connectivity index (χ0v) is 23.8. The lowest BCUT2D eigenvalue weighted by Crippen LogP contribution is -2.26. The van der Waals surface area contributed by atoms with Crippen molar-refractivity contribution in [2.45, 2.75) is 51.5 Å². The first-order valence-corrected chi connectivity index (χ1v) is 14.4. The molecule has 0 aliphatic heterocycles. The molecule has 41 heavy (non-hydrogen) atoms. The first-order chi connectivity index (χ1) is 19.4. The van der Waals surface area contributed by atoms with Gasteiger partial charge in [0.05, 0.1) is 10.6 Å². The third-order valence-electron chi connectivity index (χ3n) is 6.69. The quantitative estimate of drug-likeness (QED) is 0.198. The molecule has 5 rings (SSSR count). The average Bonchev–Trinajstić information content (AvgIpc) is 3.66. The van der Waals surface area contributed by atoms with Gasteiger partial charge in [-0.3, -0.25) is 14.9 Å². The molecule has 12 heteroatoms. The van der Waals surface area contributed by atoms with Crippen LogP contribution in [0.25, 0.3) is 5.69 Å². The predicted molar refractivity (Wildman–Crippen MR) is 153 cm³/mol. The van der Waals surface area contributed by atoms with E-state index in [4.69, 9.17) is 4.74 Å². The van der Waals surface area contributed by atoms with Crippen molar-refractivity contribution in [2.75, 3.05) is 5.32 Å². The number of amides is 1. The number of aryl methyl sites for hydroxylation is 3. The van der Waals surface area contributed by atoms with E-state index in [0.717, 1.165) is 22.8 Å². The van der Waals surface area contributed by atoms with Gasteiger partial charge < -0.3 is 10.1 Å². The van der Waals surface area contributed by atoms with Crippen molar-refractivity contribution in [3.05, 3.63) is 98.7 Å². The Bertz CT molecular complexity index is 1790. The van der Waals surface area contributed by atoms with Crippen LogP contribution in [0.2, 0.25) is 0 Å². The van der Waals surface area contributed by atoms with E-state index in [1.165, 1.54) is 16.8 Å². The molecule has 1 saturated carbocycles. The number of carbonyl (C=O) groups is 1. The van der Waals surface area contributed by atoms with Gasteiger partial charge in [0.1, 0.15) is 10.6 Å². The smallest absolute Gasteiger partial charge is 0.276 e. The number of nitrogens with zero attached hydrogens (tertiary/aromatic N) is 3. The van der Waals surface area contributed by atoms with Gasteiger partial charge >= 0.3 is 0 Å². The Labute approximate surface area is 237 Å². The van der Waals surface area contributed by atoms with E-state index in [0.29, 0.717) is 29.8 Å². The Kier molecular flexibility index (Phi) is 7.37. The summed E-state index contributed by atoms with van der Waals surface area (Å²) < 4.78 is 36.7. The van der Waals surface area contributed by atoms with Crippen LogP contribution in [0.3, 0.4) is 0 Å². The molecule has 0 atom stereocenters. The van der Waals surface area contributed by atoms with Crippen molar-refractivity contribution in [3.8, 4) is 17.3 Å². The van der Waals surface area contributed by atoms with E-state index in [-0.39, 0.29) is 28.3 Å². The molecule has 0 spiro atoms. The summed E-state index contributed by atoms with van der Waals surface area (Å²) in [5.41, 5.74) is 3.98. The molecule has 0 radical (unpaired) electrons. The van der Waals surface area contributed by atoms with E-state index >= 15 is 0 Å². The lowest BCUT2D eigenvalue weighted by atomic mass is 10.1. The molecule has 11 nitrogen and oxygen atoms in total. The van der Waals surface area contributed by atoms with Gasteiger partial charge in [-0.2, -0.15) is 9.78 Å². The third-order valence-corrected chi connectivity index (χ3v) is 8.23. The number of aromatic nitrogens is 2. The second-order valence-electron chi connectivity index (χ2n) is 10.2. The van der Waals surface area contributed by atoms with E-state index < -0.39 is 26.5 Å². The van der Waals surface area contributed by atoms with Crippen molar-refractivity contribution in [2.24, 2.45) is 0 Å². The molecular weight excluding hydrogens is 546 g/mol. The summed E-state index contributed by atoms with van der Waals surface area (Å²) in [6.07, 6.45) is 1.37. The van der Waals surface area contributed by atoms with Crippen molar-refractivity contribution < 1.29 is 22.9 Å². The topological polar surface area (TPSA) is 145 Å². The summed E-state index contributed by atoms with van der Waals surface area (Å²) >= 11 is 0. The highest BCUT2D eigenvalue weighted by molar-refractivity contribution is 7.89. The molecule has 0 saturated heterocycles. The molecule has 1 amide bonds. The van der Waals surface area contributed by atoms with E-state index in [9.17, 15) is 23.3 Å². The van der Waals surface area contributed by atoms with Crippen molar-refractivity contribution in [3.63, 3.8) is 0 Å². The Morgan fingerprint density at radius 1 is 1.02 bits per heavy atom. The highest BCUT2D eigenvalue weighted by Crippen LogP contribution is 2.37. The molecule has 3 aromatic carbocycles. The molecule has 1 fully saturated rings. The number of rotatable bonds is 9. The van der Waals surface area contributed by atoms with Gasteiger partial charge in [0.2, 0.25) is 15.9 Å². The van der Waals surface area contributed by atoms with Crippen LogP contribution in [-0.4, -0.2) is 35.1 Å². The van der Waals surface area contributed by atoms with Crippen molar-refractivity contribution in [1.29, 1.82) is 0 Å². The Balaban J connectivity index is 1.64. The number of benzene rings is 3. The van der Waals surface area contributed by atoms with E-state index in [2.05, 4.69) is 15.1 Å². The molecule has 0 bridgehead atoms. The minimum atomic E-state index is -4.15. The van der Waals surface area contributed by atoms with Crippen molar-refractivity contribution >= 4 is 27.3 Å². The maximum Gasteiger partial charge on any atom is 0.276 e. The van der Waals surface area contributed by atoms with Crippen LogP contribution in [0.5, 0.6) is 11.6 Å². The van der Waals surface area contributed by atoms with Gasteiger partial charge in [0.25, 0.3) is 11.6 Å². The highest BCUT2D eigenvalue weighted by atomic mass is 32.2. The fraction of sp³-hybridized carbons (Fsp3) is 0.241. The number of sulfonamides is 1. The average molecular weight is 576 g/mol.